The predicted molar refractivity (Wildman–Crippen MR) is 208 cm³/mol. The summed E-state index contributed by atoms with van der Waals surface area (Å²) in [6.45, 7) is 5.68. The first-order valence-electron chi connectivity index (χ1n) is 14.8. The van der Waals surface area contributed by atoms with Crippen LogP contribution in [0.15, 0.2) is 60.7 Å². The van der Waals surface area contributed by atoms with Crippen LogP contribution in [0.5, 0.6) is 0 Å². The van der Waals surface area contributed by atoms with Crippen LogP contribution in [0.1, 0.15) is 38.8 Å². The van der Waals surface area contributed by atoms with Crippen molar-refractivity contribution in [2.24, 2.45) is 0 Å². The fraction of sp³-hybridized carbons (Fsp3) is 0.235. The number of methoxy groups -OCH3 is 1. The summed E-state index contributed by atoms with van der Waals surface area (Å²) in [5.41, 5.74) is 8.75. The second-order valence-corrected chi connectivity index (χ2v) is 13.9. The summed E-state index contributed by atoms with van der Waals surface area (Å²) in [5.74, 6) is -2.41. The molecule has 0 saturated heterocycles. The highest BCUT2D eigenvalue weighted by molar-refractivity contribution is 14.1. The number of anilines is 4. The van der Waals surface area contributed by atoms with Gasteiger partial charge in [0.15, 0.2) is 0 Å². The SMILES string of the molecule is COCCONC(=O)c1cc(Cl)c(F)cc1Nc1ccc(I)cc1C.Cc1cc(I)ccc1Nc1cc(F)c(Cl)cc1C(=O)NOC(C)CO. The first-order valence-corrected chi connectivity index (χ1v) is 17.7. The van der Waals surface area contributed by atoms with E-state index in [1.165, 1.54) is 25.3 Å². The zero-order chi connectivity index (χ0) is 37.0. The molecule has 5 N–H and O–H groups in total. The third-order valence-corrected chi connectivity index (χ3v) is 8.61. The Bertz CT molecular complexity index is 1820. The number of aryl methyl sites for hydroxylation is 2. The maximum atomic E-state index is 13.9. The molecule has 0 spiro atoms. The summed E-state index contributed by atoms with van der Waals surface area (Å²) < 4.78 is 34.7. The van der Waals surface area contributed by atoms with Crippen LogP contribution >= 0.6 is 68.4 Å². The van der Waals surface area contributed by atoms with Gasteiger partial charge in [-0.2, -0.15) is 0 Å². The Morgan fingerprint density at radius 2 is 1.22 bits per heavy atom. The first-order chi connectivity index (χ1) is 23.7. The number of benzene rings is 4. The molecule has 50 heavy (non-hydrogen) atoms. The van der Waals surface area contributed by atoms with Crippen LogP contribution in [0.25, 0.3) is 0 Å². The predicted octanol–water partition coefficient (Wildman–Crippen LogP) is 8.62. The van der Waals surface area contributed by atoms with E-state index < -0.39 is 29.6 Å². The van der Waals surface area contributed by atoms with Gasteiger partial charge in [0.1, 0.15) is 17.7 Å². The quantitative estimate of drug-likeness (QED) is 0.0512. The minimum atomic E-state index is -0.645. The molecule has 4 rings (SSSR count). The number of hydrogen-bond acceptors (Lipinski definition) is 8. The lowest BCUT2D eigenvalue weighted by molar-refractivity contribution is -0.0303. The van der Waals surface area contributed by atoms with E-state index in [1.807, 2.05) is 50.2 Å². The molecule has 16 heteroatoms. The van der Waals surface area contributed by atoms with E-state index in [4.69, 9.17) is 42.7 Å². The molecule has 0 aliphatic rings. The minimum absolute atomic E-state index is 0.120. The number of carbonyl (C=O) groups excluding carboxylic acids is 2. The summed E-state index contributed by atoms with van der Waals surface area (Å²) in [7, 11) is 1.52. The zero-order valence-corrected chi connectivity index (χ0v) is 33.1. The largest absolute Gasteiger partial charge is 0.394 e. The Balaban J connectivity index is 0.000000270. The molecule has 1 atom stereocenters. The van der Waals surface area contributed by atoms with Gasteiger partial charge in [0.2, 0.25) is 0 Å². The zero-order valence-electron chi connectivity index (χ0n) is 27.2. The molecule has 0 bridgehead atoms. The lowest BCUT2D eigenvalue weighted by Crippen LogP contribution is -2.30. The van der Waals surface area contributed by atoms with Gasteiger partial charge in [-0.15, -0.1) is 0 Å². The van der Waals surface area contributed by atoms with E-state index in [9.17, 15) is 18.4 Å². The van der Waals surface area contributed by atoms with E-state index >= 15 is 0 Å². The van der Waals surface area contributed by atoms with Crippen molar-refractivity contribution < 1.29 is 37.9 Å². The monoisotopic (exact) mass is 956 g/mol. The number of nitrogens with one attached hydrogen (secondary N) is 4. The summed E-state index contributed by atoms with van der Waals surface area (Å²) in [6, 6.07) is 16.3. The number of aliphatic hydroxyl groups excluding tert-OH is 1. The van der Waals surface area contributed by atoms with Crippen LogP contribution in [-0.4, -0.2) is 50.0 Å². The summed E-state index contributed by atoms with van der Waals surface area (Å²) in [5, 5.41) is 14.7. The third kappa shape index (κ3) is 12.4. The molecule has 2 amide bonds. The number of hydrogen-bond donors (Lipinski definition) is 5. The number of aliphatic hydroxyl groups is 1. The minimum Gasteiger partial charge on any atom is -0.394 e. The average Bonchev–Trinajstić information content (AvgIpc) is 3.07. The van der Waals surface area contributed by atoms with E-state index in [-0.39, 0.29) is 40.1 Å². The van der Waals surface area contributed by atoms with Gasteiger partial charge in [0.25, 0.3) is 11.8 Å². The van der Waals surface area contributed by atoms with Gasteiger partial charge in [-0.3, -0.25) is 19.3 Å². The van der Waals surface area contributed by atoms with Gasteiger partial charge < -0.3 is 20.5 Å². The van der Waals surface area contributed by atoms with Crippen LogP contribution in [0.4, 0.5) is 31.5 Å². The maximum Gasteiger partial charge on any atom is 0.277 e. The fourth-order valence-electron chi connectivity index (χ4n) is 4.04. The molecule has 0 fully saturated rings. The lowest BCUT2D eigenvalue weighted by atomic mass is 10.1. The molecular weight excluding hydrogens is 923 g/mol. The second-order valence-electron chi connectivity index (χ2n) is 10.6. The molecule has 0 saturated carbocycles. The van der Waals surface area contributed by atoms with Crippen molar-refractivity contribution in [1.29, 1.82) is 0 Å². The second kappa shape index (κ2) is 20.3. The topological polar surface area (TPSA) is 130 Å². The standard InChI is InChI=1S/2C17H17ClFIN2O3/c1-9-5-11(20)3-4-15(9)21-16-7-14(19)13(18)6-12(16)17(24)22-25-10(2)8-23;1-10-7-11(20)3-4-15(10)21-16-9-14(19)13(18)8-12(16)17(23)22-25-6-5-24-2/h3-7,10,21,23H,8H2,1-2H3,(H,22,24);3-4,7-9,21H,5-6H2,1-2H3,(H,22,23). The van der Waals surface area contributed by atoms with Gasteiger partial charge in [-0.05, 0) is 138 Å². The molecule has 1 unspecified atom stereocenters. The number of amides is 2. The highest BCUT2D eigenvalue weighted by Crippen LogP contribution is 2.30. The van der Waals surface area contributed by atoms with Crippen LogP contribution in [0, 0.1) is 32.6 Å². The van der Waals surface area contributed by atoms with Crippen molar-refractivity contribution in [1.82, 2.24) is 11.0 Å². The van der Waals surface area contributed by atoms with E-state index in [0.717, 1.165) is 35.7 Å². The molecule has 4 aromatic carbocycles. The summed E-state index contributed by atoms with van der Waals surface area (Å²) >= 11 is 16.0. The van der Waals surface area contributed by atoms with Gasteiger partial charge in [0.05, 0.1) is 52.4 Å². The molecular formula is C34H34Cl2F2I2N4O6. The van der Waals surface area contributed by atoms with Crippen molar-refractivity contribution in [3.63, 3.8) is 0 Å². The lowest BCUT2D eigenvalue weighted by Gasteiger charge is -2.16. The highest BCUT2D eigenvalue weighted by atomic mass is 127. The number of carbonyl (C=O) groups is 2. The summed E-state index contributed by atoms with van der Waals surface area (Å²) in [6.07, 6.45) is -0.574. The van der Waals surface area contributed by atoms with Crippen molar-refractivity contribution in [2.75, 3.05) is 37.6 Å². The number of ether oxygens (including phenoxy) is 1. The van der Waals surface area contributed by atoms with Gasteiger partial charge in [-0.1, -0.05) is 23.2 Å². The Labute approximate surface area is 325 Å². The van der Waals surface area contributed by atoms with E-state index in [1.54, 1.807) is 6.92 Å². The van der Waals surface area contributed by atoms with Crippen molar-refractivity contribution in [3.05, 3.63) is 112 Å². The summed E-state index contributed by atoms with van der Waals surface area (Å²) in [4.78, 5) is 34.7. The number of rotatable bonds is 13. The molecule has 0 heterocycles. The smallest absolute Gasteiger partial charge is 0.277 e. The Morgan fingerprint density at radius 1 is 0.760 bits per heavy atom. The van der Waals surface area contributed by atoms with Gasteiger partial charge >= 0.3 is 0 Å². The van der Waals surface area contributed by atoms with Gasteiger partial charge in [-0.25, -0.2) is 19.7 Å². The van der Waals surface area contributed by atoms with Crippen LogP contribution in [-0.2, 0) is 14.4 Å². The van der Waals surface area contributed by atoms with E-state index in [0.29, 0.717) is 12.3 Å². The molecule has 0 radical (unpaired) electrons. The molecule has 4 aromatic rings. The van der Waals surface area contributed by atoms with Crippen molar-refractivity contribution in [3.8, 4) is 0 Å². The van der Waals surface area contributed by atoms with Crippen molar-refractivity contribution in [2.45, 2.75) is 26.9 Å². The Hall–Kier alpha value is -2.84. The van der Waals surface area contributed by atoms with Crippen LogP contribution in [0.3, 0.4) is 0 Å². The van der Waals surface area contributed by atoms with Crippen molar-refractivity contribution >= 4 is 103 Å². The fourth-order valence-corrected chi connectivity index (χ4v) is 5.67. The number of halogens is 6. The Kier molecular flexibility index (Phi) is 16.9. The van der Waals surface area contributed by atoms with Gasteiger partial charge in [0, 0.05) is 25.6 Å². The molecule has 0 aromatic heterocycles. The maximum absolute atomic E-state index is 13.9. The van der Waals surface area contributed by atoms with Crippen LogP contribution in [0.2, 0.25) is 10.0 Å². The number of hydroxylamine groups is 2. The molecule has 0 aliphatic heterocycles. The molecule has 268 valence electrons. The average molecular weight is 957 g/mol. The highest BCUT2D eigenvalue weighted by Gasteiger charge is 2.18. The first kappa shape index (κ1) is 41.6. The molecule has 0 aliphatic carbocycles. The molecule has 10 nitrogen and oxygen atoms in total. The normalized spacial score (nSPS) is 11.3. The third-order valence-electron chi connectivity index (χ3n) is 6.69. The van der Waals surface area contributed by atoms with E-state index in [2.05, 4.69) is 66.8 Å². The van der Waals surface area contributed by atoms with Crippen LogP contribution < -0.4 is 21.6 Å². The Morgan fingerprint density at radius 3 is 1.64 bits per heavy atom.